The van der Waals surface area contributed by atoms with E-state index in [2.05, 4.69) is 10.2 Å². The number of likely N-dealkylation sites (N-methyl/N-ethyl adjacent to an activating group) is 1. The van der Waals surface area contributed by atoms with Crippen molar-refractivity contribution in [1.29, 1.82) is 0 Å². The number of anilines is 1. The normalized spacial score (nSPS) is 20.0. The first-order valence-electron chi connectivity index (χ1n) is 6.58. The maximum atomic E-state index is 12.5. The van der Waals surface area contributed by atoms with Crippen LogP contribution in [0.25, 0.3) is 0 Å². The second kappa shape index (κ2) is 6.67. The molecule has 0 amide bonds. The number of hydrogen-bond acceptors (Lipinski definition) is 5. The van der Waals surface area contributed by atoms with Gasteiger partial charge in [0.2, 0.25) is 9.84 Å². The predicted molar refractivity (Wildman–Crippen MR) is 75.5 cm³/mol. The molecule has 1 N–H and O–H groups in total. The highest BCUT2D eigenvalue weighted by Gasteiger charge is 2.27. The molecule has 0 bridgehead atoms. The topological polar surface area (TPSA) is 58.6 Å². The summed E-state index contributed by atoms with van der Waals surface area (Å²) in [5, 5.41) is 3.07. The van der Waals surface area contributed by atoms with Crippen molar-refractivity contribution in [1.82, 2.24) is 5.32 Å². The van der Waals surface area contributed by atoms with Gasteiger partial charge in [-0.15, -0.1) is 0 Å². The number of morpholine rings is 1. The largest absolute Gasteiger partial charge is 0.377 e. The minimum absolute atomic E-state index is 0.126. The first-order valence-corrected chi connectivity index (χ1v) is 8.12. The van der Waals surface area contributed by atoms with Crippen LogP contribution in [0.3, 0.4) is 0 Å². The summed E-state index contributed by atoms with van der Waals surface area (Å²) in [7, 11) is -2.70. The van der Waals surface area contributed by atoms with Gasteiger partial charge >= 0.3 is 5.76 Å². The van der Waals surface area contributed by atoms with Gasteiger partial charge in [-0.05, 0) is 31.3 Å². The summed E-state index contributed by atoms with van der Waals surface area (Å²) in [5.74, 6) is -3.40. The molecule has 0 saturated carbocycles. The molecule has 1 aliphatic rings. The average Bonchev–Trinajstić information content (AvgIpc) is 2.48. The Balaban J connectivity index is 2.21. The SMILES string of the molecule is CNCC1COCCN1c1ccc(S(=O)(=O)C(F)F)cc1. The molecule has 0 aromatic heterocycles. The minimum atomic E-state index is -4.54. The van der Waals surface area contributed by atoms with Gasteiger partial charge in [0.1, 0.15) is 0 Å². The molecule has 0 aliphatic carbocycles. The van der Waals surface area contributed by atoms with Crippen molar-refractivity contribution in [2.24, 2.45) is 0 Å². The highest BCUT2D eigenvalue weighted by atomic mass is 32.2. The Labute approximate surface area is 122 Å². The zero-order valence-corrected chi connectivity index (χ0v) is 12.4. The summed E-state index contributed by atoms with van der Waals surface area (Å²) in [6.45, 7) is 2.54. The molecular formula is C13H18F2N2O3S. The van der Waals surface area contributed by atoms with E-state index in [4.69, 9.17) is 4.74 Å². The molecule has 1 unspecified atom stereocenters. The number of hydrogen-bond donors (Lipinski definition) is 1. The molecule has 1 saturated heterocycles. The summed E-state index contributed by atoms with van der Waals surface area (Å²) in [4.78, 5) is 1.72. The van der Waals surface area contributed by atoms with Crippen molar-refractivity contribution in [2.75, 3.05) is 38.3 Å². The molecule has 2 rings (SSSR count). The lowest BCUT2D eigenvalue weighted by atomic mass is 10.2. The van der Waals surface area contributed by atoms with E-state index in [9.17, 15) is 17.2 Å². The zero-order valence-electron chi connectivity index (χ0n) is 11.6. The third kappa shape index (κ3) is 3.50. The lowest BCUT2D eigenvalue weighted by molar-refractivity contribution is 0.0943. The van der Waals surface area contributed by atoms with E-state index in [1.165, 1.54) is 12.1 Å². The van der Waals surface area contributed by atoms with E-state index in [0.717, 1.165) is 12.2 Å². The predicted octanol–water partition coefficient (Wildman–Crippen LogP) is 1.11. The second-order valence-corrected chi connectivity index (χ2v) is 6.70. The lowest BCUT2D eigenvalue weighted by Crippen LogP contribution is -2.50. The van der Waals surface area contributed by atoms with Gasteiger partial charge in [0.15, 0.2) is 0 Å². The Kier molecular flexibility index (Phi) is 5.13. The van der Waals surface area contributed by atoms with E-state index in [1.807, 2.05) is 7.05 Å². The first kappa shape index (κ1) is 16.1. The average molecular weight is 320 g/mol. The molecule has 1 aromatic rings. The summed E-state index contributed by atoms with van der Waals surface area (Å²) < 4.78 is 53.2. The molecule has 0 spiro atoms. The molecule has 8 heteroatoms. The molecule has 0 radical (unpaired) electrons. The van der Waals surface area contributed by atoms with Crippen LogP contribution >= 0.6 is 0 Å². The Morgan fingerprint density at radius 3 is 2.62 bits per heavy atom. The molecule has 1 aliphatic heterocycles. The zero-order chi connectivity index (χ0) is 15.5. The standard InChI is InChI=1S/C13H18F2N2O3S/c1-16-8-11-9-20-7-6-17(11)10-2-4-12(5-3-10)21(18,19)13(14)15/h2-5,11,13,16H,6-9H2,1H3. The van der Waals surface area contributed by atoms with Gasteiger partial charge in [-0.25, -0.2) is 8.42 Å². The van der Waals surface area contributed by atoms with Crippen LogP contribution in [0.1, 0.15) is 0 Å². The Bertz CT molecular complexity index is 561. The van der Waals surface area contributed by atoms with Gasteiger partial charge in [-0.2, -0.15) is 8.78 Å². The fourth-order valence-electron chi connectivity index (χ4n) is 2.33. The van der Waals surface area contributed by atoms with Crippen LogP contribution in [0.5, 0.6) is 0 Å². The van der Waals surface area contributed by atoms with E-state index in [-0.39, 0.29) is 10.9 Å². The third-order valence-electron chi connectivity index (χ3n) is 3.40. The molecule has 5 nitrogen and oxygen atoms in total. The monoisotopic (exact) mass is 320 g/mol. The number of nitrogens with one attached hydrogen (secondary N) is 1. The number of sulfone groups is 1. The Morgan fingerprint density at radius 1 is 1.38 bits per heavy atom. The fourth-order valence-corrected chi connectivity index (χ4v) is 3.05. The molecular weight excluding hydrogens is 302 g/mol. The van der Waals surface area contributed by atoms with Crippen LogP contribution < -0.4 is 10.2 Å². The second-order valence-electron chi connectivity index (χ2n) is 4.78. The van der Waals surface area contributed by atoms with Crippen molar-refractivity contribution in [2.45, 2.75) is 16.7 Å². The van der Waals surface area contributed by atoms with Crippen LogP contribution in [0, 0.1) is 0 Å². The van der Waals surface area contributed by atoms with Crippen LogP contribution in [0.15, 0.2) is 29.2 Å². The third-order valence-corrected chi connectivity index (χ3v) is 4.80. The Morgan fingerprint density at radius 2 is 2.05 bits per heavy atom. The van der Waals surface area contributed by atoms with Gasteiger partial charge in [-0.3, -0.25) is 0 Å². The number of halogens is 2. The van der Waals surface area contributed by atoms with E-state index in [1.54, 1.807) is 12.1 Å². The van der Waals surface area contributed by atoms with Crippen LogP contribution in [-0.2, 0) is 14.6 Å². The molecule has 1 atom stereocenters. The van der Waals surface area contributed by atoms with E-state index >= 15 is 0 Å². The van der Waals surface area contributed by atoms with E-state index < -0.39 is 15.6 Å². The molecule has 118 valence electrons. The van der Waals surface area contributed by atoms with Crippen molar-refractivity contribution < 1.29 is 21.9 Å². The summed E-state index contributed by atoms with van der Waals surface area (Å²) in [6.07, 6.45) is 0. The minimum Gasteiger partial charge on any atom is -0.377 e. The maximum Gasteiger partial charge on any atom is 0.341 e. The maximum absolute atomic E-state index is 12.5. The molecule has 1 aromatic carbocycles. The quantitative estimate of drug-likeness (QED) is 0.881. The smallest absolute Gasteiger partial charge is 0.341 e. The number of rotatable bonds is 5. The number of alkyl halides is 2. The van der Waals surface area contributed by atoms with Crippen molar-refractivity contribution in [3.8, 4) is 0 Å². The van der Waals surface area contributed by atoms with Crippen LogP contribution in [-0.4, -0.2) is 53.6 Å². The molecule has 21 heavy (non-hydrogen) atoms. The Hall–Kier alpha value is -1.25. The van der Waals surface area contributed by atoms with Crippen LogP contribution in [0.2, 0.25) is 0 Å². The highest BCUT2D eigenvalue weighted by molar-refractivity contribution is 7.91. The molecule has 1 fully saturated rings. The highest BCUT2D eigenvalue weighted by Crippen LogP contribution is 2.24. The number of benzene rings is 1. The van der Waals surface area contributed by atoms with Gasteiger partial charge < -0.3 is 15.0 Å². The van der Waals surface area contributed by atoms with E-state index in [0.29, 0.717) is 19.8 Å². The summed E-state index contributed by atoms with van der Waals surface area (Å²) in [5.41, 5.74) is 0.798. The van der Waals surface area contributed by atoms with Crippen molar-refractivity contribution in [3.63, 3.8) is 0 Å². The van der Waals surface area contributed by atoms with Crippen LogP contribution in [0.4, 0.5) is 14.5 Å². The molecule has 1 heterocycles. The summed E-state index contributed by atoms with van der Waals surface area (Å²) >= 11 is 0. The van der Waals surface area contributed by atoms with Gasteiger partial charge in [0, 0.05) is 18.8 Å². The number of ether oxygens (including phenoxy) is 1. The van der Waals surface area contributed by atoms with Gasteiger partial charge in [0.25, 0.3) is 0 Å². The number of nitrogens with zero attached hydrogens (tertiary/aromatic N) is 1. The van der Waals surface area contributed by atoms with Gasteiger partial charge in [-0.1, -0.05) is 0 Å². The van der Waals surface area contributed by atoms with Gasteiger partial charge in [0.05, 0.1) is 24.2 Å². The lowest BCUT2D eigenvalue weighted by Gasteiger charge is -2.37. The summed E-state index contributed by atoms with van der Waals surface area (Å²) in [6, 6.07) is 5.69. The fraction of sp³-hybridized carbons (Fsp3) is 0.538. The van der Waals surface area contributed by atoms with Crippen molar-refractivity contribution in [3.05, 3.63) is 24.3 Å². The first-order chi connectivity index (χ1) is 9.96. The van der Waals surface area contributed by atoms with Crippen molar-refractivity contribution >= 4 is 15.5 Å².